The molecule has 2 aromatic heterocycles. The molecule has 6 nitrogen and oxygen atoms in total. The van der Waals surface area contributed by atoms with E-state index in [4.69, 9.17) is 21.4 Å². The maximum Gasteiger partial charge on any atom is 0.356 e. The van der Waals surface area contributed by atoms with Crippen LogP contribution < -0.4 is 4.74 Å². The van der Waals surface area contributed by atoms with Crippen LogP contribution in [0.1, 0.15) is 30.4 Å². The Morgan fingerprint density at radius 3 is 2.79 bits per heavy atom. The Balaban J connectivity index is 2.23. The molecule has 0 spiro atoms. The molecule has 0 aliphatic rings. The fourth-order valence-electron chi connectivity index (χ4n) is 1.41. The maximum atomic E-state index is 10.9. The minimum atomic E-state index is -1.20. The minimum absolute atomic E-state index is 0.0673. The van der Waals surface area contributed by atoms with Crippen molar-refractivity contribution >= 4 is 17.6 Å². The molecule has 0 aromatic carbocycles. The summed E-state index contributed by atoms with van der Waals surface area (Å²) in [7, 11) is 0. The van der Waals surface area contributed by atoms with Crippen LogP contribution in [0.25, 0.3) is 0 Å². The first-order valence-corrected chi connectivity index (χ1v) is 5.97. The molecule has 0 aliphatic heterocycles. The highest BCUT2D eigenvalue weighted by Gasteiger charge is 2.13. The standard InChI is InChI=1S/C12H12ClN3O3/c1-7(2)16-6-8(5-14-16)19-10-4-3-9(13)11(15-10)12(17)18/h3-7H,1-2H3,(H,17,18). The lowest BCUT2D eigenvalue weighted by molar-refractivity contribution is 0.0690. The zero-order chi connectivity index (χ0) is 14.0. The normalized spacial score (nSPS) is 10.7. The number of nitrogens with zero attached hydrogens (tertiary/aromatic N) is 3. The highest BCUT2D eigenvalue weighted by atomic mass is 35.5. The summed E-state index contributed by atoms with van der Waals surface area (Å²) in [6.07, 6.45) is 3.25. The van der Waals surface area contributed by atoms with Gasteiger partial charge in [-0.3, -0.25) is 4.68 Å². The maximum absolute atomic E-state index is 10.9. The average Bonchev–Trinajstić information content (AvgIpc) is 2.80. The molecule has 0 aliphatic carbocycles. The first kappa shape index (κ1) is 13.4. The number of carboxylic acids is 1. The molecule has 0 fully saturated rings. The lowest BCUT2D eigenvalue weighted by atomic mass is 10.3. The van der Waals surface area contributed by atoms with E-state index in [1.54, 1.807) is 10.9 Å². The highest BCUT2D eigenvalue weighted by Crippen LogP contribution is 2.23. The molecule has 0 saturated carbocycles. The Morgan fingerprint density at radius 2 is 2.21 bits per heavy atom. The Morgan fingerprint density at radius 1 is 1.47 bits per heavy atom. The Bertz CT molecular complexity index is 610. The molecule has 0 bridgehead atoms. The lowest BCUT2D eigenvalue weighted by Gasteiger charge is -2.05. The largest absolute Gasteiger partial charge is 0.476 e. The van der Waals surface area contributed by atoms with Gasteiger partial charge in [-0.2, -0.15) is 5.10 Å². The molecule has 1 N–H and O–H groups in total. The Hall–Kier alpha value is -2.08. The van der Waals surface area contributed by atoms with Crippen molar-refractivity contribution in [1.82, 2.24) is 14.8 Å². The van der Waals surface area contributed by atoms with E-state index in [2.05, 4.69) is 10.1 Å². The summed E-state index contributed by atoms with van der Waals surface area (Å²) in [6, 6.07) is 3.15. The van der Waals surface area contributed by atoms with Crippen molar-refractivity contribution in [2.75, 3.05) is 0 Å². The van der Waals surface area contributed by atoms with Crippen LogP contribution in [0, 0.1) is 0 Å². The molecule has 2 heterocycles. The molecule has 0 unspecified atom stereocenters. The molecular weight excluding hydrogens is 270 g/mol. The van der Waals surface area contributed by atoms with Crippen LogP contribution in [0.4, 0.5) is 0 Å². The predicted molar refractivity (Wildman–Crippen MR) is 68.9 cm³/mol. The number of carbonyl (C=O) groups is 1. The first-order chi connectivity index (χ1) is 8.97. The smallest absolute Gasteiger partial charge is 0.356 e. The van der Waals surface area contributed by atoms with Crippen molar-refractivity contribution in [1.29, 1.82) is 0 Å². The molecule has 0 amide bonds. The van der Waals surface area contributed by atoms with Crippen molar-refractivity contribution in [3.63, 3.8) is 0 Å². The van der Waals surface area contributed by atoms with Gasteiger partial charge >= 0.3 is 5.97 Å². The van der Waals surface area contributed by atoms with E-state index in [0.29, 0.717) is 5.75 Å². The van der Waals surface area contributed by atoms with E-state index in [-0.39, 0.29) is 22.6 Å². The van der Waals surface area contributed by atoms with Crippen LogP contribution in [0.2, 0.25) is 5.02 Å². The fourth-order valence-corrected chi connectivity index (χ4v) is 1.59. The number of rotatable bonds is 4. The van der Waals surface area contributed by atoms with E-state index < -0.39 is 5.97 Å². The van der Waals surface area contributed by atoms with Gasteiger partial charge in [-0.05, 0) is 19.9 Å². The molecule has 2 aromatic rings. The summed E-state index contributed by atoms with van der Waals surface area (Å²) in [6.45, 7) is 3.97. The van der Waals surface area contributed by atoms with Gasteiger partial charge in [0.1, 0.15) is 0 Å². The number of hydrogen-bond donors (Lipinski definition) is 1. The molecule has 19 heavy (non-hydrogen) atoms. The molecule has 2 rings (SSSR count). The molecule has 0 atom stereocenters. The second-order valence-electron chi connectivity index (χ2n) is 4.14. The lowest BCUT2D eigenvalue weighted by Crippen LogP contribution is -2.02. The molecule has 0 saturated heterocycles. The van der Waals surface area contributed by atoms with Gasteiger partial charge in [0.15, 0.2) is 11.4 Å². The predicted octanol–water partition coefficient (Wildman–Crippen LogP) is 3.00. The van der Waals surface area contributed by atoms with Crippen LogP contribution in [0.3, 0.4) is 0 Å². The topological polar surface area (TPSA) is 77.2 Å². The van der Waals surface area contributed by atoms with E-state index in [1.165, 1.54) is 18.3 Å². The molecular formula is C12H12ClN3O3. The van der Waals surface area contributed by atoms with Crippen molar-refractivity contribution in [2.24, 2.45) is 0 Å². The van der Waals surface area contributed by atoms with Crippen LogP contribution in [0.5, 0.6) is 11.6 Å². The Kier molecular flexibility index (Phi) is 3.71. The van der Waals surface area contributed by atoms with Gasteiger partial charge in [0.05, 0.1) is 17.4 Å². The van der Waals surface area contributed by atoms with Crippen molar-refractivity contribution in [2.45, 2.75) is 19.9 Å². The number of hydrogen-bond acceptors (Lipinski definition) is 4. The monoisotopic (exact) mass is 281 g/mol. The van der Waals surface area contributed by atoms with Gasteiger partial charge < -0.3 is 9.84 Å². The van der Waals surface area contributed by atoms with E-state index in [1.807, 2.05) is 13.8 Å². The summed E-state index contributed by atoms with van der Waals surface area (Å²) < 4.78 is 7.16. The van der Waals surface area contributed by atoms with E-state index >= 15 is 0 Å². The van der Waals surface area contributed by atoms with Crippen molar-refractivity contribution in [3.8, 4) is 11.6 Å². The number of aromatic nitrogens is 3. The number of aromatic carboxylic acids is 1. The third kappa shape index (κ3) is 3.03. The number of halogens is 1. The number of ether oxygens (including phenoxy) is 1. The van der Waals surface area contributed by atoms with Gasteiger partial charge in [-0.25, -0.2) is 9.78 Å². The van der Waals surface area contributed by atoms with Crippen LogP contribution >= 0.6 is 11.6 Å². The van der Waals surface area contributed by atoms with Crippen LogP contribution in [-0.2, 0) is 0 Å². The summed E-state index contributed by atoms with van der Waals surface area (Å²) >= 11 is 5.72. The summed E-state index contributed by atoms with van der Waals surface area (Å²) in [5.74, 6) is -0.557. The number of carboxylic acid groups (broad SMARTS) is 1. The van der Waals surface area contributed by atoms with Gasteiger partial charge in [0.2, 0.25) is 5.88 Å². The van der Waals surface area contributed by atoms with Crippen LogP contribution in [0.15, 0.2) is 24.5 Å². The van der Waals surface area contributed by atoms with Gasteiger partial charge in [0.25, 0.3) is 0 Å². The van der Waals surface area contributed by atoms with Crippen LogP contribution in [-0.4, -0.2) is 25.8 Å². The first-order valence-electron chi connectivity index (χ1n) is 5.59. The third-order valence-corrected chi connectivity index (χ3v) is 2.66. The Labute approximate surface area is 114 Å². The SMILES string of the molecule is CC(C)n1cc(Oc2ccc(Cl)c(C(=O)O)n2)cn1. The molecule has 100 valence electrons. The average molecular weight is 282 g/mol. The van der Waals surface area contributed by atoms with Gasteiger partial charge in [-0.15, -0.1) is 0 Å². The fraction of sp³-hybridized carbons (Fsp3) is 0.250. The quantitative estimate of drug-likeness (QED) is 0.932. The zero-order valence-electron chi connectivity index (χ0n) is 10.4. The van der Waals surface area contributed by atoms with Crippen molar-refractivity contribution in [3.05, 3.63) is 35.2 Å². The van der Waals surface area contributed by atoms with Gasteiger partial charge in [-0.1, -0.05) is 11.6 Å². The molecule has 7 heteroatoms. The summed E-state index contributed by atoms with van der Waals surface area (Å²) in [4.78, 5) is 14.7. The zero-order valence-corrected chi connectivity index (χ0v) is 11.1. The second kappa shape index (κ2) is 5.27. The van der Waals surface area contributed by atoms with E-state index in [9.17, 15) is 4.79 Å². The second-order valence-corrected chi connectivity index (χ2v) is 4.54. The summed E-state index contributed by atoms with van der Waals surface area (Å²) in [5.41, 5.74) is -0.240. The minimum Gasteiger partial charge on any atom is -0.476 e. The van der Waals surface area contributed by atoms with Crippen molar-refractivity contribution < 1.29 is 14.6 Å². The number of pyridine rings is 1. The molecule has 0 radical (unpaired) electrons. The third-order valence-electron chi connectivity index (χ3n) is 2.35. The van der Waals surface area contributed by atoms with E-state index in [0.717, 1.165) is 0 Å². The summed E-state index contributed by atoms with van der Waals surface area (Å²) in [5, 5.41) is 13.1. The van der Waals surface area contributed by atoms with Gasteiger partial charge in [0, 0.05) is 12.1 Å². The highest BCUT2D eigenvalue weighted by molar-refractivity contribution is 6.33.